The van der Waals surface area contributed by atoms with Gasteiger partial charge in [-0.3, -0.25) is 0 Å². The third-order valence-electron chi connectivity index (χ3n) is 3.14. The van der Waals surface area contributed by atoms with Gasteiger partial charge in [-0.05, 0) is 13.1 Å². The van der Waals surface area contributed by atoms with Crippen molar-refractivity contribution >= 4 is 6.03 Å². The van der Waals surface area contributed by atoms with E-state index in [1.807, 2.05) is 7.05 Å². The highest BCUT2D eigenvalue weighted by Gasteiger charge is 2.23. The molecule has 0 aliphatic carbocycles. The lowest BCUT2D eigenvalue weighted by Gasteiger charge is -2.15. The van der Waals surface area contributed by atoms with E-state index in [-0.39, 0.29) is 6.03 Å². The third kappa shape index (κ3) is 4.27. The first kappa shape index (κ1) is 13.9. The average Bonchev–Trinajstić information content (AvgIpc) is 2.65. The number of likely N-dealkylation sites (N-methyl/N-ethyl adjacent to an activating group) is 1. The van der Waals surface area contributed by atoms with Crippen LogP contribution in [0.3, 0.4) is 0 Å². The molecule has 96 valence electrons. The Labute approximate surface area is 105 Å². The Morgan fingerprint density at radius 1 is 1.24 bits per heavy atom. The second kappa shape index (κ2) is 7.18. The molecular formula is C13H23N3O. The summed E-state index contributed by atoms with van der Waals surface area (Å²) in [6.45, 7) is 9.70. The molecule has 1 fully saturated rings. The van der Waals surface area contributed by atoms with Gasteiger partial charge < -0.3 is 14.7 Å². The van der Waals surface area contributed by atoms with Gasteiger partial charge in [0.15, 0.2) is 0 Å². The quantitative estimate of drug-likeness (QED) is 0.669. The van der Waals surface area contributed by atoms with Gasteiger partial charge >= 0.3 is 6.03 Å². The van der Waals surface area contributed by atoms with Crippen LogP contribution in [0.2, 0.25) is 0 Å². The highest BCUT2D eigenvalue weighted by Crippen LogP contribution is 2.04. The zero-order valence-electron chi connectivity index (χ0n) is 11.2. The lowest BCUT2D eigenvalue weighted by Crippen LogP contribution is -2.29. The lowest BCUT2D eigenvalue weighted by atomic mass is 10.3. The number of urea groups is 1. The first-order chi connectivity index (χ1) is 8.19. The van der Waals surface area contributed by atoms with Crippen molar-refractivity contribution in [2.45, 2.75) is 20.3 Å². The Morgan fingerprint density at radius 2 is 1.94 bits per heavy atom. The van der Waals surface area contributed by atoms with Gasteiger partial charge in [0.05, 0.1) is 6.54 Å². The largest absolute Gasteiger partial charge is 0.326 e. The normalized spacial score (nSPS) is 15.4. The van der Waals surface area contributed by atoms with E-state index in [2.05, 4.69) is 30.6 Å². The van der Waals surface area contributed by atoms with E-state index >= 15 is 0 Å². The van der Waals surface area contributed by atoms with Crippen LogP contribution in [0.5, 0.6) is 0 Å². The fourth-order valence-electron chi connectivity index (χ4n) is 1.84. The maximum Gasteiger partial charge on any atom is 0.320 e. The molecule has 0 atom stereocenters. The molecule has 17 heavy (non-hydrogen) atoms. The Kier molecular flexibility index (Phi) is 5.85. The smallest absolute Gasteiger partial charge is 0.320 e. The van der Waals surface area contributed by atoms with Gasteiger partial charge in [-0.1, -0.05) is 19.8 Å². The molecule has 0 spiro atoms. The summed E-state index contributed by atoms with van der Waals surface area (Å²) in [7, 11) is 1.83. The van der Waals surface area contributed by atoms with Gasteiger partial charge in [-0.15, -0.1) is 5.92 Å². The van der Waals surface area contributed by atoms with Crippen molar-refractivity contribution in [2.24, 2.45) is 0 Å². The van der Waals surface area contributed by atoms with Crippen LogP contribution in [0.1, 0.15) is 20.3 Å². The number of amides is 2. The minimum absolute atomic E-state index is 0.100. The Hall–Kier alpha value is -1.21. The fourth-order valence-corrected chi connectivity index (χ4v) is 1.84. The molecule has 4 nitrogen and oxygen atoms in total. The predicted molar refractivity (Wildman–Crippen MR) is 69.8 cm³/mol. The number of nitrogens with zero attached hydrogens (tertiary/aromatic N) is 3. The molecule has 0 aromatic heterocycles. The molecule has 0 saturated carbocycles. The van der Waals surface area contributed by atoms with Crippen LogP contribution in [-0.4, -0.2) is 67.0 Å². The van der Waals surface area contributed by atoms with E-state index in [0.29, 0.717) is 6.54 Å². The summed E-state index contributed by atoms with van der Waals surface area (Å²) < 4.78 is 0. The molecule has 1 saturated heterocycles. The number of hydrogen-bond donors (Lipinski definition) is 0. The van der Waals surface area contributed by atoms with Crippen LogP contribution in [0.4, 0.5) is 4.79 Å². The monoisotopic (exact) mass is 237 g/mol. The highest BCUT2D eigenvalue weighted by molar-refractivity contribution is 5.76. The lowest BCUT2D eigenvalue weighted by molar-refractivity contribution is 0.202. The Morgan fingerprint density at radius 3 is 2.47 bits per heavy atom. The molecule has 1 aliphatic heterocycles. The standard InChI is InChI=1S/C13H23N3O/c1-4-15(5-2)9-7-6-8-10-16-12-11-14(3)13(16)17/h4-5,7,9-12H2,1-3H3. The molecule has 0 N–H and O–H groups in total. The van der Waals surface area contributed by atoms with Crippen molar-refractivity contribution in [1.82, 2.24) is 14.7 Å². The molecule has 1 aliphatic rings. The topological polar surface area (TPSA) is 26.8 Å². The summed E-state index contributed by atoms with van der Waals surface area (Å²) in [5, 5.41) is 0. The molecular weight excluding hydrogens is 214 g/mol. The second-order valence-corrected chi connectivity index (χ2v) is 4.26. The van der Waals surface area contributed by atoms with Crippen molar-refractivity contribution in [3.63, 3.8) is 0 Å². The zero-order valence-corrected chi connectivity index (χ0v) is 11.2. The molecule has 0 bridgehead atoms. The van der Waals surface area contributed by atoms with Crippen LogP contribution >= 0.6 is 0 Å². The Bertz CT molecular complexity index is 302. The van der Waals surface area contributed by atoms with Gasteiger partial charge in [0.25, 0.3) is 0 Å². The number of rotatable bonds is 5. The Balaban J connectivity index is 2.21. The van der Waals surface area contributed by atoms with Crippen molar-refractivity contribution in [1.29, 1.82) is 0 Å². The maximum atomic E-state index is 11.5. The summed E-state index contributed by atoms with van der Waals surface area (Å²) in [5.41, 5.74) is 0. The average molecular weight is 237 g/mol. The van der Waals surface area contributed by atoms with Crippen LogP contribution in [0.25, 0.3) is 0 Å². The summed E-state index contributed by atoms with van der Waals surface area (Å²) >= 11 is 0. The molecule has 0 unspecified atom stereocenters. The van der Waals surface area contributed by atoms with Crippen molar-refractivity contribution in [3.8, 4) is 11.8 Å². The fraction of sp³-hybridized carbons (Fsp3) is 0.769. The van der Waals surface area contributed by atoms with Crippen LogP contribution in [0, 0.1) is 11.8 Å². The highest BCUT2D eigenvalue weighted by atomic mass is 16.2. The van der Waals surface area contributed by atoms with E-state index < -0.39 is 0 Å². The summed E-state index contributed by atoms with van der Waals surface area (Å²) in [4.78, 5) is 17.4. The predicted octanol–water partition coefficient (Wildman–Crippen LogP) is 1.09. The van der Waals surface area contributed by atoms with Crippen molar-refractivity contribution in [2.75, 3.05) is 46.3 Å². The summed E-state index contributed by atoms with van der Waals surface area (Å²) in [6.07, 6.45) is 0.888. The van der Waals surface area contributed by atoms with E-state index in [9.17, 15) is 4.79 Å². The molecule has 1 heterocycles. The molecule has 0 radical (unpaired) electrons. The minimum Gasteiger partial charge on any atom is -0.326 e. The number of hydrogen-bond acceptors (Lipinski definition) is 2. The number of carbonyl (C=O) groups excluding carboxylic acids is 1. The van der Waals surface area contributed by atoms with E-state index in [1.165, 1.54) is 0 Å². The van der Waals surface area contributed by atoms with E-state index in [0.717, 1.165) is 39.1 Å². The second-order valence-electron chi connectivity index (χ2n) is 4.26. The SMILES string of the molecule is CCN(CC)CCC#CCN1CCN(C)C1=O. The van der Waals surface area contributed by atoms with Gasteiger partial charge in [-0.25, -0.2) is 4.79 Å². The van der Waals surface area contributed by atoms with Crippen LogP contribution in [-0.2, 0) is 0 Å². The minimum atomic E-state index is 0.100. The molecule has 0 aromatic rings. The maximum absolute atomic E-state index is 11.5. The molecule has 4 heteroatoms. The summed E-state index contributed by atoms with van der Waals surface area (Å²) in [5.74, 6) is 6.23. The first-order valence-corrected chi connectivity index (χ1v) is 6.37. The van der Waals surface area contributed by atoms with Crippen LogP contribution < -0.4 is 0 Å². The van der Waals surface area contributed by atoms with Crippen molar-refractivity contribution in [3.05, 3.63) is 0 Å². The molecule has 2 amide bonds. The van der Waals surface area contributed by atoms with Gasteiger partial charge in [0.2, 0.25) is 0 Å². The van der Waals surface area contributed by atoms with E-state index in [1.54, 1.807) is 9.80 Å². The zero-order chi connectivity index (χ0) is 12.7. The van der Waals surface area contributed by atoms with Gasteiger partial charge in [0, 0.05) is 33.1 Å². The van der Waals surface area contributed by atoms with Crippen LogP contribution in [0.15, 0.2) is 0 Å². The third-order valence-corrected chi connectivity index (χ3v) is 3.14. The number of carbonyl (C=O) groups is 1. The summed E-state index contributed by atoms with van der Waals surface area (Å²) in [6, 6.07) is 0.100. The van der Waals surface area contributed by atoms with Crippen molar-refractivity contribution < 1.29 is 4.79 Å². The van der Waals surface area contributed by atoms with E-state index in [4.69, 9.17) is 0 Å². The molecule has 0 aromatic carbocycles. The van der Waals surface area contributed by atoms with Gasteiger partial charge in [-0.2, -0.15) is 0 Å². The first-order valence-electron chi connectivity index (χ1n) is 6.37. The molecule has 1 rings (SSSR count). The van der Waals surface area contributed by atoms with Gasteiger partial charge in [0.1, 0.15) is 0 Å².